The Bertz CT molecular complexity index is 773. The van der Waals surface area contributed by atoms with Gasteiger partial charge in [-0.2, -0.15) is 0 Å². The van der Waals surface area contributed by atoms with Gasteiger partial charge in [0.2, 0.25) is 0 Å². The topological polar surface area (TPSA) is 35.2 Å². The third-order valence-electron chi connectivity index (χ3n) is 12.9. The van der Waals surface area contributed by atoms with Gasteiger partial charge in [-0.1, -0.05) is 46.8 Å². The fraction of sp³-hybridized carbons (Fsp3) is 0.933. The minimum Gasteiger partial charge on any atom is -0.377 e. The molecule has 1 aliphatic heterocycles. The SMILES string of the molecule is C=C(C)[C@@H]1CC[C@]2(C)[C@H](CC[C@@H]3[C@H]4[C@H]5OC[C@@]4(CCC5(C)C)CC[C@]32C)[C@@]1(C)CCCN. The molecule has 2 bridgehead atoms. The molecule has 0 aromatic rings. The maximum Gasteiger partial charge on any atom is 0.0663 e. The molecule has 0 aromatic heterocycles. The maximum atomic E-state index is 6.71. The van der Waals surface area contributed by atoms with Gasteiger partial charge in [-0.3, -0.25) is 0 Å². The molecule has 0 radical (unpaired) electrons. The summed E-state index contributed by atoms with van der Waals surface area (Å²) in [4.78, 5) is 0. The molecule has 182 valence electrons. The maximum absolute atomic E-state index is 6.71. The number of hydrogen-bond donors (Lipinski definition) is 1. The van der Waals surface area contributed by atoms with Gasteiger partial charge in [0.1, 0.15) is 0 Å². The highest BCUT2D eigenvalue weighted by molar-refractivity contribution is 5.21. The molecule has 1 heterocycles. The van der Waals surface area contributed by atoms with Crippen LogP contribution in [0.1, 0.15) is 106 Å². The summed E-state index contributed by atoms with van der Waals surface area (Å²) in [5.41, 5.74) is 9.52. The van der Waals surface area contributed by atoms with Gasteiger partial charge in [-0.15, -0.1) is 0 Å². The van der Waals surface area contributed by atoms with Gasteiger partial charge < -0.3 is 10.5 Å². The van der Waals surface area contributed by atoms with E-state index in [0.717, 1.165) is 37.3 Å². The van der Waals surface area contributed by atoms with Crippen molar-refractivity contribution in [3.05, 3.63) is 12.2 Å². The fourth-order valence-electron chi connectivity index (χ4n) is 11.0. The van der Waals surface area contributed by atoms with Crippen LogP contribution in [0.25, 0.3) is 0 Å². The molecule has 0 aromatic carbocycles. The zero-order chi connectivity index (χ0) is 23.2. The number of ether oxygens (including phenoxy) is 1. The molecule has 1 saturated heterocycles. The fourth-order valence-corrected chi connectivity index (χ4v) is 11.0. The van der Waals surface area contributed by atoms with E-state index in [1.54, 1.807) is 0 Å². The number of hydrogen-bond acceptors (Lipinski definition) is 2. The van der Waals surface area contributed by atoms with Gasteiger partial charge in [0, 0.05) is 0 Å². The molecule has 4 saturated carbocycles. The van der Waals surface area contributed by atoms with E-state index in [9.17, 15) is 0 Å². The van der Waals surface area contributed by atoms with Gasteiger partial charge in [0.05, 0.1) is 12.7 Å². The second kappa shape index (κ2) is 7.33. The Balaban J connectivity index is 1.54. The molecule has 9 atom stereocenters. The Labute approximate surface area is 198 Å². The van der Waals surface area contributed by atoms with Crippen LogP contribution in [0.5, 0.6) is 0 Å². The normalized spacial score (nSPS) is 53.8. The lowest BCUT2D eigenvalue weighted by Gasteiger charge is -2.71. The van der Waals surface area contributed by atoms with Crippen LogP contribution in [0.2, 0.25) is 0 Å². The zero-order valence-electron chi connectivity index (χ0n) is 22.1. The molecule has 0 unspecified atom stereocenters. The number of rotatable bonds is 4. The van der Waals surface area contributed by atoms with Crippen molar-refractivity contribution in [3.8, 4) is 0 Å². The summed E-state index contributed by atoms with van der Waals surface area (Å²) < 4.78 is 6.71. The first-order valence-corrected chi connectivity index (χ1v) is 13.9. The van der Waals surface area contributed by atoms with E-state index in [-0.39, 0.29) is 0 Å². The molecule has 32 heavy (non-hydrogen) atoms. The van der Waals surface area contributed by atoms with Crippen molar-refractivity contribution < 1.29 is 4.74 Å². The van der Waals surface area contributed by atoms with Gasteiger partial charge in [0.15, 0.2) is 0 Å². The van der Waals surface area contributed by atoms with Crippen molar-refractivity contribution in [2.45, 2.75) is 112 Å². The quantitative estimate of drug-likeness (QED) is 0.462. The Kier molecular flexibility index (Phi) is 5.36. The average Bonchev–Trinajstić information content (AvgIpc) is 3.06. The second-order valence-electron chi connectivity index (χ2n) is 14.5. The van der Waals surface area contributed by atoms with Crippen molar-refractivity contribution in [2.75, 3.05) is 13.2 Å². The third kappa shape index (κ3) is 2.84. The highest BCUT2D eigenvalue weighted by Gasteiger charge is 2.71. The molecule has 5 aliphatic rings. The van der Waals surface area contributed by atoms with Crippen LogP contribution < -0.4 is 5.73 Å². The van der Waals surface area contributed by atoms with Crippen LogP contribution in [-0.2, 0) is 4.74 Å². The first-order chi connectivity index (χ1) is 15.0. The van der Waals surface area contributed by atoms with E-state index in [1.807, 2.05) is 0 Å². The molecule has 4 aliphatic carbocycles. The minimum atomic E-state index is 0.341. The molecule has 5 fully saturated rings. The van der Waals surface area contributed by atoms with E-state index in [1.165, 1.54) is 63.4 Å². The predicted octanol–water partition coefficient (Wildman–Crippen LogP) is 7.37. The van der Waals surface area contributed by atoms with E-state index in [0.29, 0.717) is 39.1 Å². The van der Waals surface area contributed by atoms with Crippen molar-refractivity contribution in [2.24, 2.45) is 56.5 Å². The Morgan fingerprint density at radius 3 is 2.34 bits per heavy atom. The van der Waals surface area contributed by atoms with Gasteiger partial charge in [-0.25, -0.2) is 0 Å². The first-order valence-electron chi connectivity index (χ1n) is 13.9. The van der Waals surface area contributed by atoms with Crippen LogP contribution in [0, 0.1) is 50.7 Å². The molecular weight excluding hydrogens is 390 g/mol. The summed E-state index contributed by atoms with van der Waals surface area (Å²) in [7, 11) is 0. The number of nitrogens with two attached hydrogens (primary N) is 1. The number of allylic oxidation sites excluding steroid dienone is 1. The molecular formula is C30H51NO. The molecule has 5 rings (SSSR count). The summed E-state index contributed by atoms with van der Waals surface area (Å²) in [6.07, 6.45) is 14.0. The summed E-state index contributed by atoms with van der Waals surface area (Å²) in [6.45, 7) is 21.7. The summed E-state index contributed by atoms with van der Waals surface area (Å²) in [5.74, 6) is 3.08. The first kappa shape index (κ1) is 23.4. The number of fused-ring (bicyclic) bond motifs is 3. The van der Waals surface area contributed by atoms with Gasteiger partial charge in [0.25, 0.3) is 0 Å². The Morgan fingerprint density at radius 2 is 1.66 bits per heavy atom. The smallest absolute Gasteiger partial charge is 0.0663 e. The standard InChI is InChI=1S/C30H51NO/c1-20(2)21-11-13-29(7)23(27(21,5)12-8-18-31)10-9-22-24-25-26(3,4)14-16-30(24,19-32-25)17-15-28(22,29)6/h21-25H,1,8-19,31H2,2-7H3/t21-,22+,23+,24-,25+,27-,28+,29+,30+/m0/s1. The Hall–Kier alpha value is -0.340. The van der Waals surface area contributed by atoms with E-state index < -0.39 is 0 Å². The molecule has 0 amide bonds. The van der Waals surface area contributed by atoms with Crippen molar-refractivity contribution in [1.29, 1.82) is 0 Å². The highest BCUT2D eigenvalue weighted by atomic mass is 16.5. The predicted molar refractivity (Wildman–Crippen MR) is 134 cm³/mol. The molecule has 2 nitrogen and oxygen atoms in total. The van der Waals surface area contributed by atoms with E-state index in [4.69, 9.17) is 10.5 Å². The lowest BCUT2D eigenvalue weighted by molar-refractivity contribution is -0.224. The van der Waals surface area contributed by atoms with Crippen LogP contribution >= 0.6 is 0 Å². The van der Waals surface area contributed by atoms with Crippen LogP contribution in [-0.4, -0.2) is 19.3 Å². The third-order valence-corrected chi connectivity index (χ3v) is 12.9. The van der Waals surface area contributed by atoms with E-state index >= 15 is 0 Å². The van der Waals surface area contributed by atoms with Crippen LogP contribution in [0.4, 0.5) is 0 Å². The lowest BCUT2D eigenvalue weighted by Crippen LogP contribution is -2.65. The van der Waals surface area contributed by atoms with E-state index in [2.05, 4.69) is 48.1 Å². The Morgan fingerprint density at radius 1 is 0.938 bits per heavy atom. The summed E-state index contributed by atoms with van der Waals surface area (Å²) in [6, 6.07) is 0. The van der Waals surface area contributed by atoms with Crippen LogP contribution in [0.3, 0.4) is 0 Å². The van der Waals surface area contributed by atoms with Crippen molar-refractivity contribution in [3.63, 3.8) is 0 Å². The summed E-state index contributed by atoms with van der Waals surface area (Å²) >= 11 is 0. The molecule has 0 spiro atoms. The van der Waals surface area contributed by atoms with Crippen molar-refractivity contribution >= 4 is 0 Å². The molecule has 2 N–H and O–H groups in total. The van der Waals surface area contributed by atoms with Gasteiger partial charge >= 0.3 is 0 Å². The van der Waals surface area contributed by atoms with Crippen LogP contribution in [0.15, 0.2) is 12.2 Å². The highest BCUT2D eigenvalue weighted by Crippen LogP contribution is 2.76. The monoisotopic (exact) mass is 441 g/mol. The van der Waals surface area contributed by atoms with Crippen molar-refractivity contribution in [1.82, 2.24) is 0 Å². The summed E-state index contributed by atoms with van der Waals surface area (Å²) in [5, 5.41) is 0. The zero-order valence-corrected chi connectivity index (χ0v) is 22.1. The molecule has 2 heteroatoms. The minimum absolute atomic E-state index is 0.341. The lowest BCUT2D eigenvalue weighted by atomic mass is 9.33. The largest absolute Gasteiger partial charge is 0.377 e. The second-order valence-corrected chi connectivity index (χ2v) is 14.5. The average molecular weight is 442 g/mol. The van der Waals surface area contributed by atoms with Gasteiger partial charge in [-0.05, 0) is 128 Å².